The van der Waals surface area contributed by atoms with Gasteiger partial charge in [0.1, 0.15) is 5.82 Å². The summed E-state index contributed by atoms with van der Waals surface area (Å²) < 4.78 is 13.7. The van der Waals surface area contributed by atoms with Crippen LogP contribution in [0.5, 0.6) is 0 Å². The molecule has 3 heteroatoms. The summed E-state index contributed by atoms with van der Waals surface area (Å²) >= 11 is 1.67. The van der Waals surface area contributed by atoms with Gasteiger partial charge in [0.25, 0.3) is 0 Å². The second-order valence-corrected chi connectivity index (χ2v) is 6.42. The first-order valence-electron chi connectivity index (χ1n) is 6.81. The second-order valence-electron chi connectivity index (χ2n) is 5.25. The van der Waals surface area contributed by atoms with Crippen LogP contribution in [0.3, 0.4) is 0 Å². The van der Waals surface area contributed by atoms with Crippen molar-refractivity contribution in [3.63, 3.8) is 0 Å². The maximum absolute atomic E-state index is 13.7. The molecule has 1 aromatic heterocycles. The molecular formula is C16H18FNS. The fraction of sp³-hybridized carbons (Fsp3) is 0.375. The van der Waals surface area contributed by atoms with Crippen molar-refractivity contribution in [2.24, 2.45) is 5.92 Å². The van der Waals surface area contributed by atoms with E-state index in [1.807, 2.05) is 18.2 Å². The van der Waals surface area contributed by atoms with E-state index >= 15 is 0 Å². The molecule has 1 heterocycles. The summed E-state index contributed by atoms with van der Waals surface area (Å²) in [5.74, 6) is 0.723. The minimum absolute atomic E-state index is 0.143. The number of hydrogen-bond donors (Lipinski definition) is 1. The Morgan fingerprint density at radius 3 is 2.79 bits per heavy atom. The van der Waals surface area contributed by atoms with E-state index in [0.717, 1.165) is 17.3 Å². The zero-order valence-corrected chi connectivity index (χ0v) is 11.8. The van der Waals surface area contributed by atoms with E-state index in [4.69, 9.17) is 0 Å². The van der Waals surface area contributed by atoms with Gasteiger partial charge < -0.3 is 5.32 Å². The number of benzene rings is 1. The van der Waals surface area contributed by atoms with Crippen LogP contribution in [0.1, 0.15) is 24.6 Å². The second kappa shape index (κ2) is 5.43. The Morgan fingerprint density at radius 2 is 2.05 bits per heavy atom. The fourth-order valence-corrected chi connectivity index (χ4v) is 3.29. The third-order valence-corrected chi connectivity index (χ3v) is 4.85. The van der Waals surface area contributed by atoms with E-state index in [9.17, 15) is 4.39 Å². The standard InChI is InChI=1S/C16H18FNS/c1-11(12-6-7-12)18-10-13-8-9-16(19-13)14-4-2-3-5-15(14)17/h2-5,8-9,11-12,18H,6-7,10H2,1H3/t11-/m1/s1. The number of rotatable bonds is 5. The molecule has 1 atom stereocenters. The molecule has 1 saturated carbocycles. The van der Waals surface area contributed by atoms with Gasteiger partial charge in [0, 0.05) is 27.9 Å². The predicted molar refractivity (Wildman–Crippen MR) is 78.7 cm³/mol. The van der Waals surface area contributed by atoms with Crippen LogP contribution in [0.15, 0.2) is 36.4 Å². The zero-order valence-electron chi connectivity index (χ0n) is 11.0. The molecule has 0 amide bonds. The summed E-state index contributed by atoms with van der Waals surface area (Å²) in [6.07, 6.45) is 2.72. The molecule has 0 radical (unpaired) electrons. The van der Waals surface area contributed by atoms with Gasteiger partial charge in [0.15, 0.2) is 0 Å². The summed E-state index contributed by atoms with van der Waals surface area (Å²) in [7, 11) is 0. The fourth-order valence-electron chi connectivity index (χ4n) is 2.30. The first-order chi connectivity index (χ1) is 9.24. The number of hydrogen-bond acceptors (Lipinski definition) is 2. The van der Waals surface area contributed by atoms with Crippen LogP contribution in [0.4, 0.5) is 4.39 Å². The van der Waals surface area contributed by atoms with Gasteiger partial charge in [-0.3, -0.25) is 0 Å². The molecule has 1 aromatic carbocycles. The van der Waals surface area contributed by atoms with E-state index in [0.29, 0.717) is 11.6 Å². The van der Waals surface area contributed by atoms with Crippen molar-refractivity contribution < 1.29 is 4.39 Å². The van der Waals surface area contributed by atoms with Gasteiger partial charge >= 0.3 is 0 Å². The molecule has 0 spiro atoms. The Balaban J connectivity index is 1.67. The lowest BCUT2D eigenvalue weighted by Gasteiger charge is -2.11. The lowest BCUT2D eigenvalue weighted by Crippen LogP contribution is -2.26. The zero-order chi connectivity index (χ0) is 13.2. The van der Waals surface area contributed by atoms with Gasteiger partial charge in [-0.25, -0.2) is 4.39 Å². The first kappa shape index (κ1) is 12.8. The summed E-state index contributed by atoms with van der Waals surface area (Å²) in [5, 5.41) is 3.56. The molecule has 19 heavy (non-hydrogen) atoms. The molecule has 1 fully saturated rings. The lowest BCUT2D eigenvalue weighted by atomic mass is 10.2. The molecule has 1 N–H and O–H groups in total. The van der Waals surface area contributed by atoms with Crippen LogP contribution in [0, 0.1) is 11.7 Å². The van der Waals surface area contributed by atoms with E-state index in [1.54, 1.807) is 17.4 Å². The summed E-state index contributed by atoms with van der Waals surface area (Å²) in [6.45, 7) is 3.14. The Labute approximate surface area is 117 Å². The lowest BCUT2D eigenvalue weighted by molar-refractivity contribution is 0.499. The largest absolute Gasteiger partial charge is 0.309 e. The summed E-state index contributed by atoms with van der Waals surface area (Å²) in [5.41, 5.74) is 0.703. The van der Waals surface area contributed by atoms with Crippen molar-refractivity contribution in [1.29, 1.82) is 0 Å². The average molecular weight is 275 g/mol. The van der Waals surface area contributed by atoms with Crippen molar-refractivity contribution >= 4 is 11.3 Å². The quantitative estimate of drug-likeness (QED) is 0.850. The van der Waals surface area contributed by atoms with Crippen LogP contribution < -0.4 is 5.32 Å². The van der Waals surface area contributed by atoms with Crippen molar-refractivity contribution in [2.75, 3.05) is 0 Å². The SMILES string of the molecule is C[C@@H](NCc1ccc(-c2ccccc2F)s1)C1CC1. The van der Waals surface area contributed by atoms with Gasteiger partial charge in [-0.15, -0.1) is 11.3 Å². The Bertz CT molecular complexity index is 559. The van der Waals surface area contributed by atoms with Crippen molar-refractivity contribution in [2.45, 2.75) is 32.4 Å². The predicted octanol–water partition coefficient (Wildman–Crippen LogP) is 4.44. The average Bonchev–Trinajstić information content (AvgIpc) is 3.16. The van der Waals surface area contributed by atoms with E-state index in [2.05, 4.69) is 18.3 Å². The van der Waals surface area contributed by atoms with Crippen LogP contribution in [-0.4, -0.2) is 6.04 Å². The maximum atomic E-state index is 13.7. The molecule has 100 valence electrons. The highest BCUT2D eigenvalue weighted by molar-refractivity contribution is 7.15. The third-order valence-electron chi connectivity index (χ3n) is 3.73. The Hall–Kier alpha value is -1.19. The molecule has 3 rings (SSSR count). The van der Waals surface area contributed by atoms with Crippen molar-refractivity contribution in [3.8, 4) is 10.4 Å². The van der Waals surface area contributed by atoms with E-state index in [1.165, 1.54) is 23.8 Å². The minimum Gasteiger partial charge on any atom is -0.309 e. The first-order valence-corrected chi connectivity index (χ1v) is 7.62. The molecule has 0 aliphatic heterocycles. The van der Waals surface area contributed by atoms with Gasteiger partial charge in [-0.2, -0.15) is 0 Å². The highest BCUT2D eigenvalue weighted by Crippen LogP contribution is 2.33. The number of nitrogens with one attached hydrogen (secondary N) is 1. The maximum Gasteiger partial charge on any atom is 0.131 e. The van der Waals surface area contributed by atoms with Crippen LogP contribution in [0.2, 0.25) is 0 Å². The smallest absolute Gasteiger partial charge is 0.131 e. The summed E-state index contributed by atoms with van der Waals surface area (Å²) in [6, 6.07) is 11.7. The molecular weight excluding hydrogens is 257 g/mol. The minimum atomic E-state index is -0.143. The van der Waals surface area contributed by atoms with Crippen molar-refractivity contribution in [1.82, 2.24) is 5.32 Å². The molecule has 0 bridgehead atoms. The Morgan fingerprint density at radius 1 is 1.26 bits per heavy atom. The molecule has 0 saturated heterocycles. The summed E-state index contributed by atoms with van der Waals surface area (Å²) in [4.78, 5) is 2.28. The van der Waals surface area contributed by atoms with Gasteiger partial charge in [0.05, 0.1) is 0 Å². The van der Waals surface area contributed by atoms with Crippen LogP contribution in [0.25, 0.3) is 10.4 Å². The van der Waals surface area contributed by atoms with Crippen LogP contribution in [-0.2, 0) is 6.54 Å². The number of thiophene rings is 1. The normalized spacial score (nSPS) is 16.5. The van der Waals surface area contributed by atoms with Gasteiger partial charge in [0.2, 0.25) is 0 Å². The molecule has 0 unspecified atom stereocenters. The molecule has 1 nitrogen and oxygen atoms in total. The monoisotopic (exact) mass is 275 g/mol. The van der Waals surface area contributed by atoms with Crippen LogP contribution >= 0.6 is 11.3 Å². The number of halogens is 1. The van der Waals surface area contributed by atoms with E-state index in [-0.39, 0.29) is 5.82 Å². The highest BCUT2D eigenvalue weighted by Gasteiger charge is 2.27. The third kappa shape index (κ3) is 3.04. The highest BCUT2D eigenvalue weighted by atomic mass is 32.1. The van der Waals surface area contributed by atoms with Gasteiger partial charge in [-0.1, -0.05) is 18.2 Å². The van der Waals surface area contributed by atoms with Crippen molar-refractivity contribution in [3.05, 3.63) is 47.1 Å². The molecule has 1 aliphatic carbocycles. The van der Waals surface area contributed by atoms with Gasteiger partial charge in [-0.05, 0) is 43.9 Å². The molecule has 2 aromatic rings. The molecule has 1 aliphatic rings. The Kier molecular flexibility index (Phi) is 3.67. The topological polar surface area (TPSA) is 12.0 Å². The van der Waals surface area contributed by atoms with E-state index < -0.39 is 0 Å².